The Morgan fingerprint density at radius 1 is 1.08 bits per heavy atom. The van der Waals surface area contributed by atoms with Crippen LogP contribution in [0.1, 0.15) is 30.0 Å². The lowest BCUT2D eigenvalue weighted by molar-refractivity contribution is -0.139. The smallest absolute Gasteiger partial charge is 0.207 e. The van der Waals surface area contributed by atoms with Gasteiger partial charge in [-0.1, -0.05) is 40.2 Å². The molecule has 0 saturated carbocycles. The number of alkyl halides is 3. The van der Waals surface area contributed by atoms with Gasteiger partial charge in [-0.15, -0.1) is 0 Å². The highest BCUT2D eigenvalue weighted by Crippen LogP contribution is 2.40. The zero-order valence-electron chi connectivity index (χ0n) is 13.0. The van der Waals surface area contributed by atoms with E-state index >= 15 is 0 Å². The molecule has 3 nitrogen and oxygen atoms in total. The highest BCUT2D eigenvalue weighted by molar-refractivity contribution is 9.10. The van der Waals surface area contributed by atoms with Crippen molar-refractivity contribution >= 4 is 26.0 Å². The fourth-order valence-corrected chi connectivity index (χ4v) is 5.44. The minimum atomic E-state index is -4.73. The molecule has 25 heavy (non-hydrogen) atoms. The predicted molar refractivity (Wildman–Crippen MR) is 91.5 cm³/mol. The van der Waals surface area contributed by atoms with Crippen LogP contribution in [-0.2, 0) is 16.2 Å². The first-order valence-electron chi connectivity index (χ1n) is 7.65. The monoisotopic (exact) mass is 433 g/mol. The van der Waals surface area contributed by atoms with Crippen molar-refractivity contribution < 1.29 is 21.6 Å². The van der Waals surface area contributed by atoms with Gasteiger partial charge >= 0.3 is 6.18 Å². The number of rotatable bonds is 3. The maximum Gasteiger partial charge on any atom is 0.417 e. The number of sulfonamides is 1. The minimum Gasteiger partial charge on any atom is -0.207 e. The van der Waals surface area contributed by atoms with E-state index in [0.717, 1.165) is 22.2 Å². The van der Waals surface area contributed by atoms with Crippen LogP contribution in [0, 0.1) is 0 Å². The van der Waals surface area contributed by atoms with E-state index in [1.165, 1.54) is 16.4 Å². The normalized spacial score (nSPS) is 19.3. The first-order valence-corrected chi connectivity index (χ1v) is 9.88. The average molecular weight is 434 g/mol. The van der Waals surface area contributed by atoms with Gasteiger partial charge in [-0.3, -0.25) is 0 Å². The third kappa shape index (κ3) is 3.61. The van der Waals surface area contributed by atoms with Crippen molar-refractivity contribution in [1.82, 2.24) is 4.31 Å². The second-order valence-electron chi connectivity index (χ2n) is 5.82. The molecule has 0 aliphatic carbocycles. The van der Waals surface area contributed by atoms with E-state index < -0.39 is 32.7 Å². The summed E-state index contributed by atoms with van der Waals surface area (Å²) in [6.45, 7) is 0.200. The Labute approximate surface area is 152 Å². The number of hydrogen-bond acceptors (Lipinski definition) is 2. The third-order valence-corrected chi connectivity index (χ3v) is 6.68. The Morgan fingerprint density at radius 2 is 1.80 bits per heavy atom. The lowest BCUT2D eigenvalue weighted by atomic mass is 10.1. The van der Waals surface area contributed by atoms with Crippen molar-refractivity contribution in [3.63, 3.8) is 0 Å². The number of hydrogen-bond donors (Lipinski definition) is 0. The fraction of sp³-hybridized carbons (Fsp3) is 0.294. The van der Waals surface area contributed by atoms with Crippen molar-refractivity contribution in [1.29, 1.82) is 0 Å². The maximum absolute atomic E-state index is 13.2. The molecule has 1 atom stereocenters. The fourth-order valence-electron chi connectivity index (χ4n) is 3.13. The SMILES string of the molecule is O=S(=O)(c1ccccc1C(F)(F)F)N1CCCC1c1cccc(Br)c1. The minimum absolute atomic E-state index is 0.200. The Morgan fingerprint density at radius 3 is 2.48 bits per heavy atom. The Kier molecular flexibility index (Phi) is 4.96. The van der Waals surface area contributed by atoms with Crippen LogP contribution in [0.25, 0.3) is 0 Å². The molecule has 3 rings (SSSR count). The summed E-state index contributed by atoms with van der Waals surface area (Å²) < 4.78 is 67.7. The van der Waals surface area contributed by atoms with Gasteiger partial charge in [0.05, 0.1) is 16.5 Å². The van der Waals surface area contributed by atoms with Crippen LogP contribution < -0.4 is 0 Å². The van der Waals surface area contributed by atoms with Crippen LogP contribution in [0.4, 0.5) is 13.2 Å². The molecule has 0 N–H and O–H groups in total. The zero-order valence-corrected chi connectivity index (χ0v) is 15.4. The van der Waals surface area contributed by atoms with Gasteiger partial charge in [-0.2, -0.15) is 17.5 Å². The van der Waals surface area contributed by atoms with Gasteiger partial charge in [0.25, 0.3) is 0 Å². The summed E-state index contributed by atoms with van der Waals surface area (Å²) in [7, 11) is -4.26. The summed E-state index contributed by atoms with van der Waals surface area (Å²) in [5.74, 6) is 0. The molecule has 1 heterocycles. The van der Waals surface area contributed by atoms with E-state index in [9.17, 15) is 21.6 Å². The quantitative estimate of drug-likeness (QED) is 0.683. The summed E-state index contributed by atoms with van der Waals surface area (Å²) in [6.07, 6.45) is -3.55. The van der Waals surface area contributed by atoms with Crippen molar-refractivity contribution in [2.24, 2.45) is 0 Å². The molecule has 0 aromatic heterocycles. The first kappa shape index (κ1) is 18.4. The molecule has 1 saturated heterocycles. The van der Waals surface area contributed by atoms with Crippen LogP contribution in [-0.4, -0.2) is 19.3 Å². The second kappa shape index (κ2) is 6.74. The second-order valence-corrected chi connectivity index (χ2v) is 8.60. The van der Waals surface area contributed by atoms with Crippen LogP contribution in [0.2, 0.25) is 0 Å². The first-order chi connectivity index (χ1) is 11.7. The van der Waals surface area contributed by atoms with Gasteiger partial charge in [-0.05, 0) is 42.7 Å². The van der Waals surface area contributed by atoms with Crippen molar-refractivity contribution in [2.75, 3.05) is 6.54 Å². The molecule has 1 fully saturated rings. The molecule has 1 aliphatic heterocycles. The van der Waals surface area contributed by atoms with Crippen molar-refractivity contribution in [2.45, 2.75) is 30.0 Å². The summed E-state index contributed by atoms with van der Waals surface area (Å²) >= 11 is 3.35. The van der Waals surface area contributed by atoms with Crippen LogP contribution >= 0.6 is 15.9 Å². The highest BCUT2D eigenvalue weighted by Gasteiger charge is 2.42. The molecule has 0 amide bonds. The van der Waals surface area contributed by atoms with E-state index in [1.54, 1.807) is 18.2 Å². The topological polar surface area (TPSA) is 37.4 Å². The molecular formula is C17H15BrF3NO2S. The molecule has 1 unspecified atom stereocenters. The molecule has 1 aliphatic rings. The predicted octanol–water partition coefficient (Wildman–Crippen LogP) is 4.99. The van der Waals surface area contributed by atoms with Gasteiger partial charge in [0.1, 0.15) is 0 Å². The third-order valence-electron chi connectivity index (χ3n) is 4.22. The van der Waals surface area contributed by atoms with E-state index in [4.69, 9.17) is 0 Å². The summed E-state index contributed by atoms with van der Waals surface area (Å²) in [4.78, 5) is -0.690. The van der Waals surface area contributed by atoms with Crippen LogP contribution in [0.15, 0.2) is 57.9 Å². The number of nitrogens with zero attached hydrogens (tertiary/aromatic N) is 1. The number of benzene rings is 2. The van der Waals surface area contributed by atoms with Gasteiger partial charge in [0.2, 0.25) is 10.0 Å². The molecule has 2 aromatic rings. The molecule has 0 spiro atoms. The maximum atomic E-state index is 13.2. The molecular weight excluding hydrogens is 419 g/mol. The van der Waals surface area contributed by atoms with Gasteiger partial charge in [0.15, 0.2) is 0 Å². The molecule has 2 aromatic carbocycles. The lowest BCUT2D eigenvalue weighted by Gasteiger charge is -2.26. The van der Waals surface area contributed by atoms with Crippen LogP contribution in [0.3, 0.4) is 0 Å². The molecule has 0 radical (unpaired) electrons. The number of halogens is 4. The van der Waals surface area contributed by atoms with Crippen molar-refractivity contribution in [3.8, 4) is 0 Å². The van der Waals surface area contributed by atoms with E-state index in [1.807, 2.05) is 6.07 Å². The van der Waals surface area contributed by atoms with Gasteiger partial charge in [-0.25, -0.2) is 8.42 Å². The summed E-state index contributed by atoms with van der Waals surface area (Å²) in [5, 5.41) is 0. The molecule has 134 valence electrons. The summed E-state index contributed by atoms with van der Waals surface area (Å²) in [5.41, 5.74) is -0.366. The van der Waals surface area contributed by atoms with E-state index in [-0.39, 0.29) is 6.54 Å². The molecule has 8 heteroatoms. The molecule has 0 bridgehead atoms. The van der Waals surface area contributed by atoms with Gasteiger partial charge in [0, 0.05) is 11.0 Å². The zero-order chi connectivity index (χ0) is 18.2. The average Bonchev–Trinajstić information content (AvgIpc) is 3.04. The van der Waals surface area contributed by atoms with E-state index in [2.05, 4.69) is 15.9 Å². The Hall–Kier alpha value is -1.38. The van der Waals surface area contributed by atoms with Gasteiger partial charge < -0.3 is 0 Å². The van der Waals surface area contributed by atoms with Crippen LogP contribution in [0.5, 0.6) is 0 Å². The standard InChI is InChI=1S/C17H15BrF3NO2S/c18-13-6-3-5-12(11-13)15-8-4-10-22(15)25(23,24)16-9-2-1-7-14(16)17(19,20)21/h1-3,5-7,9,11,15H,4,8,10H2. The Bertz CT molecular complexity index is 883. The largest absolute Gasteiger partial charge is 0.417 e. The summed E-state index contributed by atoms with van der Waals surface area (Å²) in [6, 6.07) is 11.1. The lowest BCUT2D eigenvalue weighted by Crippen LogP contribution is -2.32. The highest BCUT2D eigenvalue weighted by atomic mass is 79.9. The van der Waals surface area contributed by atoms with Crippen molar-refractivity contribution in [3.05, 3.63) is 64.1 Å². The Balaban J connectivity index is 2.06. The van der Waals surface area contributed by atoms with E-state index in [0.29, 0.717) is 12.8 Å².